The van der Waals surface area contributed by atoms with E-state index in [1.165, 1.54) is 0 Å². The standard InChI is InChI=1S/C17H12Cl2N2O3/c18-9-15(22)24-20-16-13-3-1-2-4-14(13)21(17(16)23)10-11-5-7-12(19)8-6-11/h1-8H,9-10H2/b20-16+. The zero-order valence-corrected chi connectivity index (χ0v) is 13.9. The Morgan fingerprint density at radius 2 is 1.83 bits per heavy atom. The van der Waals surface area contributed by atoms with E-state index in [1.807, 2.05) is 24.3 Å². The highest BCUT2D eigenvalue weighted by Gasteiger charge is 2.34. The Balaban J connectivity index is 1.92. The molecule has 0 unspecified atom stereocenters. The molecule has 0 bridgehead atoms. The van der Waals surface area contributed by atoms with Crippen LogP contribution in [-0.4, -0.2) is 23.5 Å². The number of nitrogens with zero attached hydrogens (tertiary/aromatic N) is 2. The molecule has 2 aromatic carbocycles. The van der Waals surface area contributed by atoms with Crippen LogP contribution in [0, 0.1) is 0 Å². The lowest BCUT2D eigenvalue weighted by Crippen LogP contribution is -2.29. The topological polar surface area (TPSA) is 59.0 Å². The molecule has 7 heteroatoms. The number of rotatable bonds is 4. The molecule has 3 rings (SSSR count). The fraction of sp³-hybridized carbons (Fsp3) is 0.118. The van der Waals surface area contributed by atoms with E-state index in [9.17, 15) is 9.59 Å². The third-order valence-corrected chi connectivity index (χ3v) is 3.97. The first kappa shape index (κ1) is 16.5. The lowest BCUT2D eigenvalue weighted by atomic mass is 10.1. The van der Waals surface area contributed by atoms with Crippen molar-refractivity contribution in [2.24, 2.45) is 5.16 Å². The maximum atomic E-state index is 12.7. The highest BCUT2D eigenvalue weighted by Crippen LogP contribution is 2.30. The summed E-state index contributed by atoms with van der Waals surface area (Å²) in [5.74, 6) is -1.39. The van der Waals surface area contributed by atoms with Gasteiger partial charge in [-0.05, 0) is 23.8 Å². The highest BCUT2D eigenvalue weighted by molar-refractivity contribution is 6.54. The van der Waals surface area contributed by atoms with Crippen LogP contribution in [-0.2, 0) is 21.0 Å². The van der Waals surface area contributed by atoms with Gasteiger partial charge in [0.1, 0.15) is 5.88 Å². The Kier molecular flexibility index (Phi) is 4.83. The average Bonchev–Trinajstić information content (AvgIpc) is 2.86. The highest BCUT2D eigenvalue weighted by atomic mass is 35.5. The second kappa shape index (κ2) is 7.03. The molecule has 0 spiro atoms. The van der Waals surface area contributed by atoms with Crippen molar-refractivity contribution in [2.45, 2.75) is 6.54 Å². The Morgan fingerprint density at radius 3 is 2.54 bits per heavy atom. The van der Waals surface area contributed by atoms with Gasteiger partial charge in [0.2, 0.25) is 0 Å². The van der Waals surface area contributed by atoms with Gasteiger partial charge in [-0.15, -0.1) is 11.6 Å². The molecule has 0 radical (unpaired) electrons. The van der Waals surface area contributed by atoms with Crippen molar-refractivity contribution in [1.82, 2.24) is 0 Å². The number of carbonyl (C=O) groups excluding carboxylic acids is 2. The lowest BCUT2D eigenvalue weighted by Gasteiger charge is -2.16. The Hall–Kier alpha value is -2.37. The van der Waals surface area contributed by atoms with E-state index < -0.39 is 5.97 Å². The van der Waals surface area contributed by atoms with Crippen molar-refractivity contribution in [1.29, 1.82) is 0 Å². The van der Waals surface area contributed by atoms with E-state index >= 15 is 0 Å². The van der Waals surface area contributed by atoms with Gasteiger partial charge in [0, 0.05) is 10.6 Å². The molecule has 1 heterocycles. The number of para-hydroxylation sites is 1. The summed E-state index contributed by atoms with van der Waals surface area (Å²) in [5, 5.41) is 4.32. The molecule has 0 N–H and O–H groups in total. The van der Waals surface area contributed by atoms with Crippen LogP contribution in [0.3, 0.4) is 0 Å². The van der Waals surface area contributed by atoms with E-state index in [0.29, 0.717) is 22.8 Å². The predicted octanol–water partition coefficient (Wildman–Crippen LogP) is 3.37. The van der Waals surface area contributed by atoms with Gasteiger partial charge in [-0.3, -0.25) is 4.79 Å². The molecule has 0 saturated carbocycles. The van der Waals surface area contributed by atoms with Gasteiger partial charge in [-0.1, -0.05) is 47.1 Å². The van der Waals surface area contributed by atoms with Crippen LogP contribution in [0.2, 0.25) is 5.02 Å². The maximum absolute atomic E-state index is 12.7. The van der Waals surface area contributed by atoms with Gasteiger partial charge in [0.25, 0.3) is 5.91 Å². The van der Waals surface area contributed by atoms with E-state index in [0.717, 1.165) is 5.56 Å². The quantitative estimate of drug-likeness (QED) is 0.475. The van der Waals surface area contributed by atoms with Crippen LogP contribution in [0.4, 0.5) is 5.69 Å². The van der Waals surface area contributed by atoms with Gasteiger partial charge in [0.15, 0.2) is 5.71 Å². The average molecular weight is 363 g/mol. The van der Waals surface area contributed by atoms with Crippen LogP contribution in [0.15, 0.2) is 53.7 Å². The number of halogens is 2. The first-order valence-corrected chi connectivity index (χ1v) is 8.01. The predicted molar refractivity (Wildman–Crippen MR) is 92.4 cm³/mol. The largest absolute Gasteiger partial charge is 0.349 e. The number of hydrogen-bond acceptors (Lipinski definition) is 4. The summed E-state index contributed by atoms with van der Waals surface area (Å²) in [5.41, 5.74) is 2.32. The summed E-state index contributed by atoms with van der Waals surface area (Å²) in [6.07, 6.45) is 0. The fourth-order valence-electron chi connectivity index (χ4n) is 2.40. The number of hydrogen-bond donors (Lipinski definition) is 0. The number of amides is 1. The minimum atomic E-state index is -0.717. The molecule has 0 saturated heterocycles. The number of fused-ring (bicyclic) bond motifs is 1. The summed E-state index contributed by atoms with van der Waals surface area (Å²) in [6.45, 7) is 0.357. The minimum absolute atomic E-state index is 0.0815. The number of oxime groups is 1. The molecule has 24 heavy (non-hydrogen) atoms. The third-order valence-electron chi connectivity index (χ3n) is 3.50. The first-order valence-electron chi connectivity index (χ1n) is 7.09. The monoisotopic (exact) mass is 362 g/mol. The van der Waals surface area contributed by atoms with Crippen LogP contribution in [0.5, 0.6) is 0 Å². The molecular weight excluding hydrogens is 351 g/mol. The normalized spacial score (nSPS) is 14.8. The van der Waals surface area contributed by atoms with E-state index in [2.05, 4.69) is 9.99 Å². The summed E-state index contributed by atoms with van der Waals surface area (Å²) in [7, 11) is 0. The van der Waals surface area contributed by atoms with Gasteiger partial charge < -0.3 is 9.74 Å². The molecule has 122 valence electrons. The van der Waals surface area contributed by atoms with Crippen molar-refractivity contribution >= 4 is 46.5 Å². The number of benzene rings is 2. The van der Waals surface area contributed by atoms with E-state index in [1.54, 1.807) is 29.2 Å². The van der Waals surface area contributed by atoms with E-state index in [-0.39, 0.29) is 17.5 Å². The van der Waals surface area contributed by atoms with Gasteiger partial charge >= 0.3 is 5.97 Å². The smallest absolute Gasteiger partial charge is 0.316 e. The summed E-state index contributed by atoms with van der Waals surface area (Å²) in [4.78, 5) is 30.1. The Labute approximate surface area is 148 Å². The van der Waals surface area contributed by atoms with E-state index in [4.69, 9.17) is 23.2 Å². The number of anilines is 1. The molecule has 1 aliphatic rings. The zero-order valence-electron chi connectivity index (χ0n) is 12.4. The van der Waals surface area contributed by atoms with Gasteiger partial charge in [-0.2, -0.15) is 0 Å². The number of alkyl halides is 1. The van der Waals surface area contributed by atoms with Gasteiger partial charge in [-0.25, -0.2) is 4.79 Å². The van der Waals surface area contributed by atoms with Crippen LogP contribution in [0.1, 0.15) is 11.1 Å². The van der Waals surface area contributed by atoms with Gasteiger partial charge in [0.05, 0.1) is 12.2 Å². The van der Waals surface area contributed by atoms with Crippen molar-refractivity contribution in [3.05, 3.63) is 64.7 Å². The molecule has 0 aliphatic carbocycles. The van der Waals surface area contributed by atoms with Crippen LogP contribution < -0.4 is 4.90 Å². The van der Waals surface area contributed by atoms with Crippen LogP contribution in [0.25, 0.3) is 0 Å². The second-order valence-corrected chi connectivity index (χ2v) is 5.78. The van der Waals surface area contributed by atoms with Crippen molar-refractivity contribution in [2.75, 3.05) is 10.8 Å². The number of carbonyl (C=O) groups is 2. The summed E-state index contributed by atoms with van der Waals surface area (Å²) in [6, 6.07) is 14.4. The minimum Gasteiger partial charge on any atom is -0.316 e. The van der Waals surface area contributed by atoms with Crippen molar-refractivity contribution in [3.8, 4) is 0 Å². The molecule has 1 aliphatic heterocycles. The van der Waals surface area contributed by atoms with Crippen LogP contribution >= 0.6 is 23.2 Å². The van der Waals surface area contributed by atoms with Crippen molar-refractivity contribution < 1.29 is 14.4 Å². The second-order valence-electron chi connectivity index (χ2n) is 5.07. The first-order chi connectivity index (χ1) is 11.6. The summed E-state index contributed by atoms with van der Waals surface area (Å²) < 4.78 is 0. The Morgan fingerprint density at radius 1 is 1.12 bits per heavy atom. The molecule has 0 atom stereocenters. The third kappa shape index (κ3) is 3.27. The molecule has 5 nitrogen and oxygen atoms in total. The molecular formula is C17H12Cl2N2O3. The molecule has 1 amide bonds. The summed E-state index contributed by atoms with van der Waals surface area (Å²) >= 11 is 11.3. The molecule has 0 aromatic heterocycles. The van der Waals surface area contributed by atoms with Crippen molar-refractivity contribution in [3.63, 3.8) is 0 Å². The molecule has 0 fully saturated rings. The molecule has 2 aromatic rings. The fourth-order valence-corrected chi connectivity index (χ4v) is 2.58. The SMILES string of the molecule is O=C(CCl)O/N=C1/C(=O)N(Cc2ccc(Cl)cc2)c2ccccc21. The Bertz CT molecular complexity index is 819. The lowest BCUT2D eigenvalue weighted by molar-refractivity contribution is -0.140. The zero-order chi connectivity index (χ0) is 17.1. The maximum Gasteiger partial charge on any atom is 0.349 e.